The second-order valence-corrected chi connectivity index (χ2v) is 4.56. The fraction of sp³-hybridized carbons (Fsp3) is 0.750. The monoisotopic (exact) mass is 222 g/mol. The number of aromatic nitrogens is 2. The highest BCUT2D eigenvalue weighted by Crippen LogP contribution is 2.06. The number of nitrogens with one attached hydrogen (secondary N) is 1. The zero-order valence-electron chi connectivity index (χ0n) is 10.2. The Morgan fingerprint density at radius 2 is 2.19 bits per heavy atom. The Bertz CT molecular complexity index is 302. The predicted molar refractivity (Wildman–Crippen MR) is 65.2 cm³/mol. The van der Waals surface area contributed by atoms with E-state index in [1.165, 1.54) is 38.9 Å². The normalized spacial score (nSPS) is 17.1. The van der Waals surface area contributed by atoms with E-state index in [1.54, 1.807) is 0 Å². The second-order valence-electron chi connectivity index (χ2n) is 4.56. The van der Waals surface area contributed by atoms with Gasteiger partial charge in [0.25, 0.3) is 0 Å². The minimum absolute atomic E-state index is 0.890. The van der Waals surface area contributed by atoms with Gasteiger partial charge in [-0.2, -0.15) is 5.10 Å². The fourth-order valence-corrected chi connectivity index (χ4v) is 2.21. The quantitative estimate of drug-likeness (QED) is 0.729. The molecule has 0 spiro atoms. The van der Waals surface area contributed by atoms with Crippen LogP contribution in [0, 0.1) is 0 Å². The SMILES string of the molecule is Cn1ccc(CNCCCN2CCCC2)n1. The van der Waals surface area contributed by atoms with Crippen molar-refractivity contribution in [3.63, 3.8) is 0 Å². The van der Waals surface area contributed by atoms with Gasteiger partial charge in [0.15, 0.2) is 0 Å². The summed E-state index contributed by atoms with van der Waals surface area (Å²) < 4.78 is 1.85. The molecule has 1 saturated heterocycles. The molecule has 0 atom stereocenters. The van der Waals surface area contributed by atoms with E-state index in [1.807, 2.05) is 17.9 Å². The van der Waals surface area contributed by atoms with Gasteiger partial charge in [-0.3, -0.25) is 4.68 Å². The number of hydrogen-bond acceptors (Lipinski definition) is 3. The Hall–Kier alpha value is -0.870. The van der Waals surface area contributed by atoms with Crippen molar-refractivity contribution >= 4 is 0 Å². The molecule has 0 aromatic carbocycles. The van der Waals surface area contributed by atoms with Crippen molar-refractivity contribution in [2.75, 3.05) is 26.2 Å². The number of likely N-dealkylation sites (tertiary alicyclic amines) is 1. The summed E-state index contributed by atoms with van der Waals surface area (Å²) >= 11 is 0. The van der Waals surface area contributed by atoms with E-state index in [9.17, 15) is 0 Å². The van der Waals surface area contributed by atoms with Crippen molar-refractivity contribution in [3.8, 4) is 0 Å². The molecule has 16 heavy (non-hydrogen) atoms. The lowest BCUT2D eigenvalue weighted by molar-refractivity contribution is 0.331. The van der Waals surface area contributed by atoms with Crippen LogP contribution < -0.4 is 5.32 Å². The molecule has 2 heterocycles. The Labute approximate surface area is 97.6 Å². The molecular weight excluding hydrogens is 200 g/mol. The van der Waals surface area contributed by atoms with Crippen LogP contribution in [0.15, 0.2) is 12.3 Å². The first kappa shape index (κ1) is 11.6. The van der Waals surface area contributed by atoms with Crippen molar-refractivity contribution in [2.24, 2.45) is 7.05 Å². The number of aryl methyl sites for hydroxylation is 1. The molecule has 1 aliphatic rings. The molecular formula is C12H22N4. The van der Waals surface area contributed by atoms with Crippen molar-refractivity contribution in [1.82, 2.24) is 20.0 Å². The Morgan fingerprint density at radius 1 is 1.38 bits per heavy atom. The van der Waals surface area contributed by atoms with Crippen LogP contribution in [0.4, 0.5) is 0 Å². The van der Waals surface area contributed by atoms with Crippen molar-refractivity contribution < 1.29 is 0 Å². The summed E-state index contributed by atoms with van der Waals surface area (Å²) in [7, 11) is 1.96. The number of hydrogen-bond donors (Lipinski definition) is 1. The summed E-state index contributed by atoms with van der Waals surface area (Å²) in [5, 5.41) is 7.77. The Kier molecular flexibility index (Phi) is 4.36. The van der Waals surface area contributed by atoms with Gasteiger partial charge in [0.1, 0.15) is 0 Å². The van der Waals surface area contributed by atoms with Gasteiger partial charge < -0.3 is 10.2 Å². The topological polar surface area (TPSA) is 33.1 Å². The molecule has 0 radical (unpaired) electrons. The van der Waals surface area contributed by atoms with Crippen LogP contribution in [0.5, 0.6) is 0 Å². The Morgan fingerprint density at radius 3 is 2.88 bits per heavy atom. The molecule has 4 heteroatoms. The molecule has 1 N–H and O–H groups in total. The van der Waals surface area contributed by atoms with E-state index in [0.29, 0.717) is 0 Å². The van der Waals surface area contributed by atoms with Crippen molar-refractivity contribution in [1.29, 1.82) is 0 Å². The van der Waals surface area contributed by atoms with Crippen molar-refractivity contribution in [2.45, 2.75) is 25.8 Å². The van der Waals surface area contributed by atoms with Crippen LogP contribution in [0.25, 0.3) is 0 Å². The summed E-state index contributed by atoms with van der Waals surface area (Å²) in [6, 6.07) is 2.06. The van der Waals surface area contributed by atoms with Gasteiger partial charge in [-0.1, -0.05) is 0 Å². The lowest BCUT2D eigenvalue weighted by atomic mass is 10.3. The van der Waals surface area contributed by atoms with Gasteiger partial charge >= 0.3 is 0 Å². The van der Waals surface area contributed by atoms with E-state index < -0.39 is 0 Å². The van der Waals surface area contributed by atoms with Crippen LogP contribution in [-0.4, -0.2) is 40.9 Å². The standard InChI is InChI=1S/C12H22N4/c1-15-10-5-12(14-15)11-13-6-4-9-16-7-2-3-8-16/h5,10,13H,2-4,6-9,11H2,1H3. The summed E-state index contributed by atoms with van der Waals surface area (Å²) in [5.41, 5.74) is 1.13. The molecule has 0 saturated carbocycles. The number of rotatable bonds is 6. The van der Waals surface area contributed by atoms with Gasteiger partial charge in [-0.05, 0) is 51.5 Å². The maximum atomic E-state index is 4.33. The van der Waals surface area contributed by atoms with Crippen LogP contribution in [0.1, 0.15) is 25.0 Å². The first-order chi connectivity index (χ1) is 7.84. The fourth-order valence-electron chi connectivity index (χ4n) is 2.21. The summed E-state index contributed by atoms with van der Waals surface area (Å²) in [6.45, 7) is 5.84. The highest BCUT2D eigenvalue weighted by atomic mass is 15.3. The molecule has 0 aliphatic carbocycles. The third-order valence-electron chi connectivity index (χ3n) is 3.10. The van der Waals surface area contributed by atoms with Crippen LogP contribution >= 0.6 is 0 Å². The minimum atomic E-state index is 0.890. The van der Waals surface area contributed by atoms with E-state index in [0.717, 1.165) is 18.8 Å². The Balaban J connectivity index is 1.51. The maximum Gasteiger partial charge on any atom is 0.0762 e. The van der Waals surface area contributed by atoms with Crippen LogP contribution in [0.2, 0.25) is 0 Å². The molecule has 2 rings (SSSR count). The summed E-state index contributed by atoms with van der Waals surface area (Å²) in [6.07, 6.45) is 6.01. The van der Waals surface area contributed by atoms with E-state index in [-0.39, 0.29) is 0 Å². The van der Waals surface area contributed by atoms with Gasteiger partial charge in [0, 0.05) is 19.8 Å². The third kappa shape index (κ3) is 3.61. The summed E-state index contributed by atoms with van der Waals surface area (Å²) in [4.78, 5) is 2.56. The second kappa shape index (κ2) is 6.01. The van der Waals surface area contributed by atoms with Crippen molar-refractivity contribution in [3.05, 3.63) is 18.0 Å². The largest absolute Gasteiger partial charge is 0.311 e. The first-order valence-corrected chi connectivity index (χ1v) is 6.26. The van der Waals surface area contributed by atoms with Gasteiger partial charge in [0.2, 0.25) is 0 Å². The van der Waals surface area contributed by atoms with Crippen LogP contribution in [-0.2, 0) is 13.6 Å². The maximum absolute atomic E-state index is 4.33. The number of nitrogens with zero attached hydrogens (tertiary/aromatic N) is 3. The molecule has 90 valence electrons. The third-order valence-corrected chi connectivity index (χ3v) is 3.10. The van der Waals surface area contributed by atoms with E-state index in [4.69, 9.17) is 0 Å². The molecule has 0 amide bonds. The van der Waals surface area contributed by atoms with Crippen LogP contribution in [0.3, 0.4) is 0 Å². The molecule has 1 fully saturated rings. The summed E-state index contributed by atoms with van der Waals surface area (Å²) in [5.74, 6) is 0. The zero-order chi connectivity index (χ0) is 11.2. The van der Waals surface area contributed by atoms with Gasteiger partial charge in [-0.15, -0.1) is 0 Å². The lowest BCUT2D eigenvalue weighted by Gasteiger charge is -2.13. The van der Waals surface area contributed by atoms with E-state index in [2.05, 4.69) is 21.4 Å². The molecule has 4 nitrogen and oxygen atoms in total. The average molecular weight is 222 g/mol. The lowest BCUT2D eigenvalue weighted by Crippen LogP contribution is -2.24. The molecule has 0 bridgehead atoms. The molecule has 1 aromatic rings. The highest BCUT2D eigenvalue weighted by Gasteiger charge is 2.09. The molecule has 0 unspecified atom stereocenters. The zero-order valence-corrected chi connectivity index (χ0v) is 10.2. The van der Waals surface area contributed by atoms with Gasteiger partial charge in [-0.25, -0.2) is 0 Å². The smallest absolute Gasteiger partial charge is 0.0762 e. The predicted octanol–water partition coefficient (Wildman–Crippen LogP) is 0.996. The highest BCUT2D eigenvalue weighted by molar-refractivity contribution is 4.97. The average Bonchev–Trinajstić information content (AvgIpc) is 2.89. The molecule has 1 aliphatic heterocycles. The molecule has 1 aromatic heterocycles. The van der Waals surface area contributed by atoms with E-state index >= 15 is 0 Å². The first-order valence-electron chi connectivity index (χ1n) is 6.26. The minimum Gasteiger partial charge on any atom is -0.311 e. The van der Waals surface area contributed by atoms with Gasteiger partial charge in [0.05, 0.1) is 5.69 Å².